The van der Waals surface area contributed by atoms with E-state index in [0.29, 0.717) is 17.0 Å². The van der Waals surface area contributed by atoms with Gasteiger partial charge in [0, 0.05) is 11.8 Å². The molecule has 1 heterocycles. The van der Waals surface area contributed by atoms with Gasteiger partial charge in [0.05, 0.1) is 16.8 Å². The van der Waals surface area contributed by atoms with Crippen LogP contribution in [0.4, 0.5) is 0 Å². The molecule has 1 aromatic heterocycles. The minimum absolute atomic E-state index is 0.285. The highest BCUT2D eigenvalue weighted by Gasteiger charge is 2.00. The first-order valence-corrected chi connectivity index (χ1v) is 8.41. The van der Waals surface area contributed by atoms with Crippen LogP contribution in [0.1, 0.15) is 25.7 Å². The Bertz CT molecular complexity index is 681. The van der Waals surface area contributed by atoms with Gasteiger partial charge in [0.2, 0.25) is 0 Å². The first kappa shape index (κ1) is 15.9. The first-order valence-electron chi connectivity index (χ1n) is 7.26. The molecule has 0 amide bonds. The van der Waals surface area contributed by atoms with Gasteiger partial charge in [-0.15, -0.1) is 0 Å². The zero-order valence-electron chi connectivity index (χ0n) is 12.1. The van der Waals surface area contributed by atoms with Gasteiger partial charge in [-0.05, 0) is 36.8 Å². The van der Waals surface area contributed by atoms with Crippen LogP contribution < -0.4 is 10.7 Å². The molecule has 0 unspecified atom stereocenters. The molecule has 0 fully saturated rings. The molecule has 1 aromatic carbocycles. The van der Waals surface area contributed by atoms with Gasteiger partial charge < -0.3 is 15.2 Å². The van der Waals surface area contributed by atoms with E-state index in [1.54, 1.807) is 11.8 Å². The van der Waals surface area contributed by atoms with Crippen LogP contribution in [0.3, 0.4) is 0 Å². The summed E-state index contributed by atoms with van der Waals surface area (Å²) in [6.07, 6.45) is 4.24. The van der Waals surface area contributed by atoms with E-state index < -0.39 is 0 Å². The Labute approximate surface area is 128 Å². The van der Waals surface area contributed by atoms with E-state index in [-0.39, 0.29) is 6.61 Å². The molecule has 0 aliphatic rings. The fourth-order valence-electron chi connectivity index (χ4n) is 2.16. The molecule has 0 saturated heterocycles. The summed E-state index contributed by atoms with van der Waals surface area (Å²) in [6.45, 7) is 4.05. The van der Waals surface area contributed by atoms with Crippen molar-refractivity contribution in [2.24, 2.45) is 0 Å². The van der Waals surface area contributed by atoms with Crippen LogP contribution in [0.15, 0.2) is 18.2 Å². The third-order valence-corrected chi connectivity index (χ3v) is 4.35. The first-order chi connectivity index (χ1) is 10.2. The molecular formula is C16H22N2O2S. The number of hydrogen-bond donors (Lipinski definition) is 3. The number of imidazole rings is 1. The van der Waals surface area contributed by atoms with E-state index in [1.165, 1.54) is 0 Å². The number of benzene rings is 1. The molecule has 5 heteroatoms. The predicted molar refractivity (Wildman–Crippen MR) is 89.8 cm³/mol. The van der Waals surface area contributed by atoms with E-state index in [9.17, 15) is 5.11 Å². The van der Waals surface area contributed by atoms with Crippen molar-refractivity contribution in [3.05, 3.63) is 28.9 Å². The van der Waals surface area contributed by atoms with Crippen molar-refractivity contribution in [3.63, 3.8) is 0 Å². The summed E-state index contributed by atoms with van der Waals surface area (Å²) in [6, 6.07) is 5.69. The van der Waals surface area contributed by atoms with Crippen LogP contribution in [0.25, 0.3) is 23.4 Å². The number of unbranched alkanes of at least 4 members (excludes halogenated alkanes) is 3. The van der Waals surface area contributed by atoms with E-state index in [1.807, 2.05) is 18.2 Å². The fourth-order valence-corrected chi connectivity index (χ4v) is 3.08. The average Bonchev–Trinajstić information content (AvgIpc) is 2.85. The summed E-state index contributed by atoms with van der Waals surface area (Å²) in [5.74, 6) is 2.05. The molecule has 0 saturated carbocycles. The lowest BCUT2D eigenvalue weighted by molar-refractivity contribution is 0.283. The zero-order valence-corrected chi connectivity index (χ0v) is 13.0. The van der Waals surface area contributed by atoms with Crippen molar-refractivity contribution >= 4 is 35.1 Å². The lowest BCUT2D eigenvalue weighted by atomic mass is 10.2. The SMILES string of the molecule is C=c1nc2cc/c(=C(/O)CSCCCCCCO)cc2[nH]1. The maximum atomic E-state index is 10.1. The predicted octanol–water partition coefficient (Wildman–Crippen LogP) is 1.93. The minimum Gasteiger partial charge on any atom is -0.511 e. The number of aliphatic hydroxyl groups is 2. The summed E-state index contributed by atoms with van der Waals surface area (Å²) in [4.78, 5) is 7.32. The number of H-pyrrole nitrogens is 1. The topological polar surface area (TPSA) is 69.1 Å². The standard InChI is InChI=1S/C16H22N2O2S/c1-12-17-14-7-6-13(10-15(14)18-12)16(20)11-21-9-5-3-2-4-8-19/h6-7,10,18-20H,1-5,8-9,11H2/b16-13-. The summed E-state index contributed by atoms with van der Waals surface area (Å²) in [5, 5.41) is 19.7. The molecule has 114 valence electrons. The number of hydrogen-bond acceptors (Lipinski definition) is 4. The highest BCUT2D eigenvalue weighted by atomic mass is 32.2. The molecule has 0 atom stereocenters. The van der Waals surface area contributed by atoms with Gasteiger partial charge >= 0.3 is 0 Å². The Morgan fingerprint density at radius 3 is 2.86 bits per heavy atom. The maximum Gasteiger partial charge on any atom is 0.123 e. The molecule has 2 rings (SSSR count). The molecule has 0 aliphatic heterocycles. The Hall–Kier alpha value is -1.46. The number of nitrogens with zero attached hydrogens (tertiary/aromatic N) is 1. The van der Waals surface area contributed by atoms with E-state index in [0.717, 1.165) is 47.7 Å². The lowest BCUT2D eigenvalue weighted by Gasteiger charge is -2.02. The number of fused-ring (bicyclic) bond motifs is 1. The van der Waals surface area contributed by atoms with E-state index in [2.05, 4.69) is 16.5 Å². The van der Waals surface area contributed by atoms with Crippen molar-refractivity contribution in [3.8, 4) is 0 Å². The van der Waals surface area contributed by atoms with Gasteiger partial charge in [0.25, 0.3) is 0 Å². The maximum absolute atomic E-state index is 10.1. The number of thioether (sulfide) groups is 1. The van der Waals surface area contributed by atoms with E-state index in [4.69, 9.17) is 5.11 Å². The van der Waals surface area contributed by atoms with Gasteiger partial charge in [0.1, 0.15) is 11.2 Å². The van der Waals surface area contributed by atoms with Crippen LogP contribution in [-0.2, 0) is 0 Å². The van der Waals surface area contributed by atoms with Gasteiger partial charge in [-0.3, -0.25) is 0 Å². The molecular weight excluding hydrogens is 284 g/mol. The number of rotatable bonds is 8. The summed E-state index contributed by atoms with van der Waals surface area (Å²) < 4.78 is 0. The second-order valence-corrected chi connectivity index (χ2v) is 6.16. The number of aliphatic hydroxyl groups excluding tert-OH is 2. The van der Waals surface area contributed by atoms with Crippen molar-refractivity contribution in [1.29, 1.82) is 0 Å². The van der Waals surface area contributed by atoms with Crippen LogP contribution in [-0.4, -0.2) is 38.3 Å². The van der Waals surface area contributed by atoms with Gasteiger partial charge in [0.15, 0.2) is 0 Å². The molecule has 21 heavy (non-hydrogen) atoms. The van der Waals surface area contributed by atoms with Crippen molar-refractivity contribution in [1.82, 2.24) is 9.97 Å². The molecule has 0 bridgehead atoms. The van der Waals surface area contributed by atoms with E-state index >= 15 is 0 Å². The Morgan fingerprint density at radius 2 is 2.05 bits per heavy atom. The normalized spacial score (nSPS) is 12.8. The number of nitrogens with one attached hydrogen (secondary N) is 1. The molecule has 0 radical (unpaired) electrons. The van der Waals surface area contributed by atoms with Crippen LogP contribution in [0, 0.1) is 0 Å². The van der Waals surface area contributed by atoms with Gasteiger partial charge in [-0.25, -0.2) is 4.98 Å². The third kappa shape index (κ3) is 4.79. The molecule has 4 nitrogen and oxygen atoms in total. The smallest absolute Gasteiger partial charge is 0.123 e. The molecule has 3 N–H and O–H groups in total. The zero-order chi connectivity index (χ0) is 15.1. The number of aromatic nitrogens is 2. The fraction of sp³-hybridized carbons (Fsp3) is 0.438. The van der Waals surface area contributed by atoms with Crippen LogP contribution >= 0.6 is 11.8 Å². The Morgan fingerprint density at radius 1 is 1.24 bits per heavy atom. The van der Waals surface area contributed by atoms with Crippen LogP contribution in [0.2, 0.25) is 0 Å². The average molecular weight is 306 g/mol. The molecule has 2 aromatic rings. The highest BCUT2D eigenvalue weighted by Crippen LogP contribution is 2.11. The Balaban J connectivity index is 1.87. The largest absolute Gasteiger partial charge is 0.511 e. The second kappa shape index (κ2) is 8.10. The third-order valence-electron chi connectivity index (χ3n) is 3.30. The quantitative estimate of drug-likeness (QED) is 0.652. The number of aromatic amines is 1. The van der Waals surface area contributed by atoms with Gasteiger partial charge in [-0.1, -0.05) is 19.4 Å². The monoisotopic (exact) mass is 306 g/mol. The van der Waals surface area contributed by atoms with Crippen molar-refractivity contribution < 1.29 is 10.2 Å². The highest BCUT2D eigenvalue weighted by molar-refractivity contribution is 7.99. The van der Waals surface area contributed by atoms with Crippen LogP contribution in [0.5, 0.6) is 0 Å². The summed E-state index contributed by atoms with van der Waals surface area (Å²) in [7, 11) is 0. The summed E-state index contributed by atoms with van der Waals surface area (Å²) in [5.41, 5.74) is 2.41. The van der Waals surface area contributed by atoms with Crippen molar-refractivity contribution in [2.75, 3.05) is 18.1 Å². The summed E-state index contributed by atoms with van der Waals surface area (Å²) >= 11 is 1.74. The Kier molecular flexibility index (Phi) is 6.14. The molecule has 0 spiro atoms. The lowest BCUT2D eigenvalue weighted by Crippen LogP contribution is -2.07. The van der Waals surface area contributed by atoms with Gasteiger partial charge in [-0.2, -0.15) is 11.8 Å². The van der Waals surface area contributed by atoms with Crippen molar-refractivity contribution in [2.45, 2.75) is 25.7 Å². The minimum atomic E-state index is 0.285. The second-order valence-electron chi connectivity index (χ2n) is 5.05. The molecule has 0 aliphatic carbocycles.